The van der Waals surface area contributed by atoms with Gasteiger partial charge in [-0.15, -0.1) is 11.8 Å². The van der Waals surface area contributed by atoms with Gasteiger partial charge in [-0.1, -0.05) is 60.7 Å². The monoisotopic (exact) mass is 440 g/mol. The Morgan fingerprint density at radius 1 is 1.06 bits per heavy atom. The van der Waals surface area contributed by atoms with Gasteiger partial charge in [-0.2, -0.15) is 0 Å². The first-order valence-corrected chi connectivity index (χ1v) is 10.9. The molecule has 2 aliphatic rings. The Labute approximate surface area is 184 Å². The van der Waals surface area contributed by atoms with Gasteiger partial charge in [0.25, 0.3) is 11.6 Å². The number of β-lactam (4-membered cyclic amide) rings is 1. The standard InChI is InChI=1S/C23H24N2O5S/c1-22(2)23(29,21(28)30-14-16-11-7-4-8-12-16)25-19(27)18(20(25)31-22)24-17(26)13-15-9-5-3-6-10-15/h3-12,18,20,29H,13-14H2,1-2H3,(H,24,26)/t18-,20+,23+/m0/s1. The summed E-state index contributed by atoms with van der Waals surface area (Å²) in [6, 6.07) is 17.5. The molecule has 0 aliphatic carbocycles. The fourth-order valence-corrected chi connectivity index (χ4v) is 5.54. The molecule has 2 aromatic carbocycles. The lowest BCUT2D eigenvalue weighted by Crippen LogP contribution is -2.75. The number of nitrogens with zero attached hydrogens (tertiary/aromatic N) is 1. The predicted molar refractivity (Wildman–Crippen MR) is 116 cm³/mol. The normalized spacial score (nSPS) is 26.0. The summed E-state index contributed by atoms with van der Waals surface area (Å²) in [5.74, 6) is -1.66. The maximum Gasteiger partial charge on any atom is 0.361 e. The molecule has 0 spiro atoms. The zero-order valence-electron chi connectivity index (χ0n) is 17.3. The second-order valence-electron chi connectivity index (χ2n) is 8.17. The first-order valence-electron chi connectivity index (χ1n) is 10.0. The van der Waals surface area contributed by atoms with E-state index in [-0.39, 0.29) is 18.9 Å². The number of nitrogens with one attached hydrogen (secondary N) is 1. The molecule has 3 atom stereocenters. The Bertz CT molecular complexity index is 998. The van der Waals surface area contributed by atoms with E-state index in [9.17, 15) is 19.5 Å². The van der Waals surface area contributed by atoms with E-state index in [2.05, 4.69) is 5.32 Å². The van der Waals surface area contributed by atoms with Crippen LogP contribution in [-0.4, -0.2) is 49.7 Å². The van der Waals surface area contributed by atoms with Crippen LogP contribution in [0, 0.1) is 0 Å². The van der Waals surface area contributed by atoms with Crippen molar-refractivity contribution >= 4 is 29.5 Å². The molecule has 0 unspecified atom stereocenters. The number of thioether (sulfide) groups is 1. The Kier molecular flexibility index (Phi) is 5.53. The van der Waals surface area contributed by atoms with Crippen LogP contribution in [0.5, 0.6) is 0 Å². The third-order valence-electron chi connectivity index (χ3n) is 5.67. The molecule has 2 aliphatic heterocycles. The van der Waals surface area contributed by atoms with Gasteiger partial charge in [-0.3, -0.25) is 14.5 Å². The van der Waals surface area contributed by atoms with Crippen LogP contribution < -0.4 is 5.32 Å². The summed E-state index contributed by atoms with van der Waals surface area (Å²) in [6.07, 6.45) is 0.148. The maximum atomic E-state index is 12.9. The number of benzene rings is 2. The maximum absolute atomic E-state index is 12.9. The number of amides is 2. The average Bonchev–Trinajstić information content (AvgIpc) is 2.95. The highest BCUT2D eigenvalue weighted by Crippen LogP contribution is 2.56. The van der Waals surface area contributed by atoms with Crippen LogP contribution in [0.4, 0.5) is 0 Å². The second-order valence-corrected chi connectivity index (χ2v) is 9.91. The van der Waals surface area contributed by atoms with Crippen molar-refractivity contribution in [1.29, 1.82) is 0 Å². The molecular formula is C23H24N2O5S. The van der Waals surface area contributed by atoms with Gasteiger partial charge in [0.15, 0.2) is 0 Å². The summed E-state index contributed by atoms with van der Waals surface area (Å²) >= 11 is 1.27. The molecule has 8 heteroatoms. The zero-order valence-corrected chi connectivity index (χ0v) is 18.1. The van der Waals surface area contributed by atoms with Crippen molar-refractivity contribution in [3.05, 3.63) is 71.8 Å². The zero-order chi connectivity index (χ0) is 22.2. The molecule has 162 valence electrons. The van der Waals surface area contributed by atoms with E-state index >= 15 is 0 Å². The Morgan fingerprint density at radius 3 is 2.26 bits per heavy atom. The summed E-state index contributed by atoms with van der Waals surface area (Å²) in [5.41, 5.74) is -0.501. The van der Waals surface area contributed by atoms with E-state index in [0.29, 0.717) is 0 Å². The Morgan fingerprint density at radius 2 is 1.65 bits per heavy atom. The van der Waals surface area contributed by atoms with E-state index in [1.54, 1.807) is 13.8 Å². The van der Waals surface area contributed by atoms with E-state index in [4.69, 9.17) is 4.74 Å². The highest BCUT2D eigenvalue weighted by atomic mass is 32.2. The van der Waals surface area contributed by atoms with Crippen LogP contribution in [0.2, 0.25) is 0 Å². The van der Waals surface area contributed by atoms with E-state index in [0.717, 1.165) is 16.0 Å². The molecule has 2 amide bonds. The van der Waals surface area contributed by atoms with Crippen LogP contribution in [0.3, 0.4) is 0 Å². The molecule has 2 fully saturated rings. The minimum absolute atomic E-state index is 0.00727. The summed E-state index contributed by atoms with van der Waals surface area (Å²) in [5, 5.41) is 13.5. The van der Waals surface area contributed by atoms with Crippen molar-refractivity contribution in [2.45, 2.75) is 48.8 Å². The molecule has 31 heavy (non-hydrogen) atoms. The topological polar surface area (TPSA) is 95.9 Å². The Hall–Kier alpha value is -2.84. The molecule has 2 heterocycles. The van der Waals surface area contributed by atoms with Crippen molar-refractivity contribution in [1.82, 2.24) is 10.2 Å². The summed E-state index contributed by atoms with van der Waals surface area (Å²) < 4.78 is 4.35. The molecular weight excluding hydrogens is 416 g/mol. The van der Waals surface area contributed by atoms with Gasteiger partial charge in [0.05, 0.1) is 11.2 Å². The fraction of sp³-hybridized carbons (Fsp3) is 0.348. The van der Waals surface area contributed by atoms with Crippen molar-refractivity contribution in [3.8, 4) is 0 Å². The molecule has 0 aromatic heterocycles. The predicted octanol–water partition coefficient (Wildman–Crippen LogP) is 1.84. The molecule has 0 saturated carbocycles. The van der Waals surface area contributed by atoms with Crippen LogP contribution in [0.1, 0.15) is 25.0 Å². The van der Waals surface area contributed by atoms with Gasteiger partial charge in [0, 0.05) is 0 Å². The smallest absolute Gasteiger partial charge is 0.361 e. The highest BCUT2D eigenvalue weighted by Gasteiger charge is 2.73. The number of esters is 1. The number of hydrogen-bond donors (Lipinski definition) is 2. The van der Waals surface area contributed by atoms with Gasteiger partial charge < -0.3 is 15.2 Å². The molecule has 0 radical (unpaired) electrons. The van der Waals surface area contributed by atoms with Gasteiger partial charge >= 0.3 is 5.97 Å². The van der Waals surface area contributed by atoms with E-state index in [1.807, 2.05) is 60.7 Å². The molecule has 4 rings (SSSR count). The van der Waals surface area contributed by atoms with E-state index in [1.165, 1.54) is 11.8 Å². The average molecular weight is 441 g/mol. The lowest BCUT2D eigenvalue weighted by Gasteiger charge is -2.47. The van der Waals surface area contributed by atoms with Crippen molar-refractivity contribution in [2.24, 2.45) is 0 Å². The van der Waals surface area contributed by atoms with Crippen molar-refractivity contribution in [3.63, 3.8) is 0 Å². The summed E-state index contributed by atoms with van der Waals surface area (Å²) in [6.45, 7) is 3.37. The van der Waals surface area contributed by atoms with Gasteiger partial charge in [0.2, 0.25) is 5.91 Å². The molecule has 2 aromatic rings. The third-order valence-corrected chi connectivity index (χ3v) is 7.27. The van der Waals surface area contributed by atoms with Crippen LogP contribution in [0.15, 0.2) is 60.7 Å². The number of rotatable bonds is 6. The van der Waals surface area contributed by atoms with Crippen molar-refractivity contribution in [2.75, 3.05) is 0 Å². The number of carbonyl (C=O) groups is 3. The van der Waals surface area contributed by atoms with Crippen LogP contribution >= 0.6 is 11.8 Å². The number of fused-ring (bicyclic) bond motifs is 1. The third kappa shape index (κ3) is 3.70. The minimum atomic E-state index is -2.12. The van der Waals surface area contributed by atoms with Gasteiger partial charge in [-0.05, 0) is 25.0 Å². The SMILES string of the molecule is CC1(C)S[C@@H]2[C@@H](NC(=O)Cc3ccccc3)C(=O)N2[C@@]1(O)C(=O)OCc1ccccc1. The molecule has 0 bridgehead atoms. The number of hydrogen-bond acceptors (Lipinski definition) is 6. The first kappa shape index (κ1) is 21.4. The highest BCUT2D eigenvalue weighted by molar-refractivity contribution is 8.01. The largest absolute Gasteiger partial charge is 0.457 e. The van der Waals surface area contributed by atoms with Crippen LogP contribution in [0.25, 0.3) is 0 Å². The minimum Gasteiger partial charge on any atom is -0.457 e. The molecule has 7 nitrogen and oxygen atoms in total. The lowest BCUT2D eigenvalue weighted by atomic mass is 9.91. The Balaban J connectivity index is 1.44. The first-order chi connectivity index (χ1) is 14.7. The fourth-order valence-electron chi connectivity index (χ4n) is 3.91. The van der Waals surface area contributed by atoms with E-state index < -0.39 is 33.8 Å². The second kappa shape index (κ2) is 8.01. The number of ether oxygens (including phenoxy) is 1. The van der Waals surface area contributed by atoms with Crippen molar-refractivity contribution < 1.29 is 24.2 Å². The molecule has 2 N–H and O–H groups in total. The lowest BCUT2D eigenvalue weighted by molar-refractivity contribution is -0.209. The summed E-state index contributed by atoms with van der Waals surface area (Å²) in [4.78, 5) is 39.3. The number of aliphatic hydroxyl groups is 1. The van der Waals surface area contributed by atoms with Gasteiger partial charge in [0.1, 0.15) is 18.0 Å². The molecule has 2 saturated heterocycles. The van der Waals surface area contributed by atoms with Gasteiger partial charge in [-0.25, -0.2) is 4.79 Å². The summed E-state index contributed by atoms with van der Waals surface area (Å²) in [7, 11) is 0. The number of carbonyl (C=O) groups excluding carboxylic acids is 3. The van der Waals surface area contributed by atoms with Crippen LogP contribution in [-0.2, 0) is 32.1 Å². The quantitative estimate of drug-likeness (QED) is 0.526.